The quantitative estimate of drug-likeness (QED) is 0.151. The second-order valence-corrected chi connectivity index (χ2v) is 16.2. The number of ether oxygens (including phenoxy) is 1. The van der Waals surface area contributed by atoms with Gasteiger partial charge in [-0.15, -0.1) is 0 Å². The number of aromatic nitrogens is 6. The Morgan fingerprint density at radius 2 is 1.86 bits per heavy atom. The highest BCUT2D eigenvalue weighted by Crippen LogP contribution is 2.58. The van der Waals surface area contributed by atoms with Crippen molar-refractivity contribution in [1.82, 2.24) is 45.8 Å². The van der Waals surface area contributed by atoms with Crippen LogP contribution in [0.2, 0.25) is 0 Å². The van der Waals surface area contributed by atoms with Crippen LogP contribution in [0.15, 0.2) is 53.2 Å². The molecule has 3 fully saturated rings. The summed E-state index contributed by atoms with van der Waals surface area (Å²) in [6.07, 6.45) is -0.841. The lowest BCUT2D eigenvalue weighted by atomic mass is 9.56. The second-order valence-electron chi connectivity index (χ2n) is 16.2. The Kier molecular flexibility index (Phi) is 9.06. The van der Waals surface area contributed by atoms with E-state index in [-0.39, 0.29) is 71.6 Å². The summed E-state index contributed by atoms with van der Waals surface area (Å²) in [7, 11) is 0. The molecule has 4 aliphatic rings. The smallest absolute Gasteiger partial charge is 0.401 e. The summed E-state index contributed by atoms with van der Waals surface area (Å²) in [5, 5.41) is 14.8. The number of rotatable bonds is 9. The molecule has 0 radical (unpaired) electrons. The lowest BCUT2D eigenvalue weighted by Crippen LogP contribution is -2.62. The van der Waals surface area contributed by atoms with E-state index in [2.05, 4.69) is 51.9 Å². The largest absolute Gasteiger partial charge is 0.491 e. The van der Waals surface area contributed by atoms with E-state index in [0.29, 0.717) is 12.3 Å². The van der Waals surface area contributed by atoms with Crippen LogP contribution in [0.4, 0.5) is 28.0 Å². The Morgan fingerprint density at radius 1 is 1.07 bits per heavy atom. The van der Waals surface area contributed by atoms with Gasteiger partial charge in [-0.25, -0.2) is 24.1 Å². The summed E-state index contributed by atoms with van der Waals surface area (Å²) < 4.78 is 66.6. The maximum atomic E-state index is 15.1. The zero-order chi connectivity index (χ0) is 41.4. The molecule has 6 heterocycles. The summed E-state index contributed by atoms with van der Waals surface area (Å²) in [6.45, 7) is 6.09. The van der Waals surface area contributed by atoms with Gasteiger partial charge >= 0.3 is 12.2 Å². The van der Waals surface area contributed by atoms with Gasteiger partial charge in [-0.3, -0.25) is 29.8 Å². The third kappa shape index (κ3) is 6.85. The van der Waals surface area contributed by atoms with E-state index in [4.69, 9.17) is 9.26 Å². The van der Waals surface area contributed by atoms with Crippen molar-refractivity contribution < 1.29 is 41.2 Å². The molecule has 3 aromatic heterocycles. The van der Waals surface area contributed by atoms with Crippen molar-refractivity contribution in [2.45, 2.75) is 70.1 Å². The number of aryl methyl sites for hydroxylation is 1. The van der Waals surface area contributed by atoms with Crippen LogP contribution in [0.1, 0.15) is 84.1 Å². The van der Waals surface area contributed by atoms with E-state index in [1.165, 1.54) is 17.0 Å². The number of hydrogen-bond donors (Lipinski definition) is 3. The Balaban J connectivity index is 0.789. The number of imide groups is 1. The standard InChI is InChI=1S/C40H38F4N10O5/c1-20-25(15-45-34(47-20)27-12-31(59-52-27)35(56)46-16-32-48-36(51-50-32)38(2,3)40(42,43)44)22-4-6-24-29(17-58-30(24)11-22)53-18-39(19-53)13-23(14-39)21-5-7-28(26(41)10-21)54-9-8-33(55)49-37(54)57/h4-7,10-12,15,23,29H,8-9,13-14,16-19H2,1-3H3,(H,46,56)(H,48,50,51)(H,49,55,57). The first-order valence-corrected chi connectivity index (χ1v) is 19.1. The number of H-pyrrole nitrogens is 1. The topological polar surface area (TPSA) is 184 Å². The molecule has 1 saturated carbocycles. The Morgan fingerprint density at radius 3 is 2.59 bits per heavy atom. The molecule has 9 rings (SSSR count). The van der Waals surface area contributed by atoms with E-state index in [0.717, 1.165) is 67.8 Å². The number of alkyl halides is 3. The first-order chi connectivity index (χ1) is 28.1. The van der Waals surface area contributed by atoms with E-state index in [1.54, 1.807) is 12.3 Å². The highest BCUT2D eigenvalue weighted by Gasteiger charge is 2.55. The molecule has 2 aromatic carbocycles. The van der Waals surface area contributed by atoms with Gasteiger partial charge in [0.15, 0.2) is 17.3 Å². The second kappa shape index (κ2) is 14.0. The van der Waals surface area contributed by atoms with Crippen LogP contribution in [0.25, 0.3) is 22.6 Å². The summed E-state index contributed by atoms with van der Waals surface area (Å²) in [6, 6.07) is 12.0. The molecule has 1 aliphatic carbocycles. The molecule has 306 valence electrons. The minimum absolute atomic E-state index is 0.0394. The summed E-state index contributed by atoms with van der Waals surface area (Å²) >= 11 is 0. The van der Waals surface area contributed by atoms with Crippen LogP contribution in [0.5, 0.6) is 5.75 Å². The molecule has 0 bridgehead atoms. The Labute approximate surface area is 333 Å². The summed E-state index contributed by atoms with van der Waals surface area (Å²) in [4.78, 5) is 53.1. The fourth-order valence-electron chi connectivity index (χ4n) is 8.36. The molecule has 3 aliphatic heterocycles. The van der Waals surface area contributed by atoms with Crippen LogP contribution in [-0.4, -0.2) is 85.5 Å². The molecule has 3 N–H and O–H groups in total. The number of halogens is 4. The number of urea groups is 1. The minimum Gasteiger partial charge on any atom is -0.491 e. The minimum atomic E-state index is -4.56. The molecule has 15 nitrogen and oxygen atoms in total. The number of nitrogens with zero attached hydrogens (tertiary/aromatic N) is 7. The van der Waals surface area contributed by atoms with E-state index in [1.807, 2.05) is 25.1 Å². The maximum absolute atomic E-state index is 15.1. The highest BCUT2D eigenvalue weighted by atomic mass is 19.4. The van der Waals surface area contributed by atoms with Gasteiger partial charge in [0.05, 0.1) is 18.3 Å². The lowest BCUT2D eigenvalue weighted by molar-refractivity contribution is -0.182. The number of aromatic amines is 1. The SMILES string of the molecule is Cc1nc(-c2cc(C(=O)NCc3nc(C(C)(C)C(F)(F)F)n[nH]3)on2)ncc1-c1ccc2c(c1)OCC2N1CC2(CC(c3ccc(N4CCC(=O)NC4=O)c(F)c3)C2)C1. The zero-order valence-corrected chi connectivity index (χ0v) is 32.1. The number of nitrogens with one attached hydrogen (secondary N) is 3. The first kappa shape index (κ1) is 38.3. The molecular formula is C40H38F4N10O5. The number of fused-ring (bicyclic) bond motifs is 1. The lowest BCUT2D eigenvalue weighted by Gasteiger charge is -2.60. The van der Waals surface area contributed by atoms with Gasteiger partial charge in [-0.2, -0.15) is 18.3 Å². The molecular weight excluding hydrogens is 776 g/mol. The van der Waals surface area contributed by atoms with Crippen molar-refractivity contribution >= 4 is 23.5 Å². The number of hydrogen-bond acceptors (Lipinski definition) is 11. The normalized spacial score (nSPS) is 19.2. The predicted octanol–water partition coefficient (Wildman–Crippen LogP) is 5.89. The molecule has 2 saturated heterocycles. The van der Waals surface area contributed by atoms with Crippen molar-refractivity contribution in [1.29, 1.82) is 0 Å². The predicted molar refractivity (Wildman–Crippen MR) is 200 cm³/mol. The van der Waals surface area contributed by atoms with Crippen molar-refractivity contribution in [3.05, 3.63) is 88.7 Å². The number of carbonyl (C=O) groups is 3. The molecule has 1 unspecified atom stereocenters. The third-order valence-electron chi connectivity index (χ3n) is 11.9. The summed E-state index contributed by atoms with van der Waals surface area (Å²) in [5.74, 6) is -0.773. The molecule has 4 amide bonds. The first-order valence-electron chi connectivity index (χ1n) is 19.1. The fraction of sp³-hybridized carbons (Fsp3) is 0.400. The average molecular weight is 815 g/mol. The molecule has 1 spiro atoms. The van der Waals surface area contributed by atoms with Gasteiger partial charge in [0.1, 0.15) is 29.4 Å². The van der Waals surface area contributed by atoms with Gasteiger partial charge in [-0.1, -0.05) is 23.4 Å². The monoisotopic (exact) mass is 814 g/mol. The van der Waals surface area contributed by atoms with Crippen LogP contribution >= 0.6 is 0 Å². The van der Waals surface area contributed by atoms with Crippen molar-refractivity contribution in [2.75, 3.05) is 31.1 Å². The van der Waals surface area contributed by atoms with E-state index >= 15 is 4.39 Å². The number of anilines is 1. The van der Waals surface area contributed by atoms with Crippen LogP contribution in [-0.2, 0) is 16.8 Å². The van der Waals surface area contributed by atoms with Crippen LogP contribution < -0.4 is 20.3 Å². The van der Waals surface area contributed by atoms with Gasteiger partial charge in [0.25, 0.3) is 5.91 Å². The van der Waals surface area contributed by atoms with Gasteiger partial charge in [0.2, 0.25) is 11.7 Å². The molecule has 5 aromatic rings. The van der Waals surface area contributed by atoms with Crippen LogP contribution in [0, 0.1) is 18.2 Å². The highest BCUT2D eigenvalue weighted by molar-refractivity contribution is 6.05. The number of amides is 4. The van der Waals surface area contributed by atoms with E-state index < -0.39 is 35.2 Å². The van der Waals surface area contributed by atoms with Gasteiger partial charge in [-0.05, 0) is 74.3 Å². The van der Waals surface area contributed by atoms with Gasteiger partial charge in [0, 0.05) is 55.1 Å². The van der Waals surface area contributed by atoms with Crippen molar-refractivity contribution in [3.63, 3.8) is 0 Å². The molecule has 59 heavy (non-hydrogen) atoms. The van der Waals surface area contributed by atoms with Crippen LogP contribution in [0.3, 0.4) is 0 Å². The number of benzene rings is 2. The zero-order valence-electron chi connectivity index (χ0n) is 32.1. The third-order valence-corrected chi connectivity index (χ3v) is 11.9. The van der Waals surface area contributed by atoms with E-state index in [9.17, 15) is 27.6 Å². The fourth-order valence-corrected chi connectivity index (χ4v) is 8.36. The Bertz CT molecular complexity index is 2500. The average Bonchev–Trinajstić information content (AvgIpc) is 3.94. The van der Waals surface area contributed by atoms with Crippen molar-refractivity contribution in [3.8, 4) is 28.4 Å². The summed E-state index contributed by atoms with van der Waals surface area (Å²) in [5.41, 5.74) is 2.65. The molecule has 19 heteroatoms. The number of likely N-dealkylation sites (tertiary alicyclic amines) is 1. The maximum Gasteiger partial charge on any atom is 0.401 e. The van der Waals surface area contributed by atoms with Gasteiger partial charge < -0.3 is 14.6 Å². The Hall–Kier alpha value is -6.24. The van der Waals surface area contributed by atoms with Crippen molar-refractivity contribution in [2.24, 2.45) is 5.41 Å². The molecule has 1 atom stereocenters. The number of carbonyl (C=O) groups excluding carboxylic acids is 3.